The Hall–Kier alpha value is -3.68. The molecule has 0 spiro atoms. The molecule has 3 aromatic carbocycles. The van der Waals surface area contributed by atoms with E-state index in [2.05, 4.69) is 0 Å². The molecule has 5 heteroatoms. The molecular formula is C24H14ClNO3. The molecule has 4 nitrogen and oxygen atoms in total. The molecule has 29 heavy (non-hydrogen) atoms. The van der Waals surface area contributed by atoms with Crippen molar-refractivity contribution in [3.8, 4) is 17.2 Å². The molecule has 0 amide bonds. The lowest BCUT2D eigenvalue weighted by Gasteiger charge is -2.03. The SMILES string of the molecule is N#Cc1ccc(C2C(=O)OC(=Cc3ccc(-c4ccc(Cl)cc4)cc3)C2=O)cc1. The number of hydrogen-bond donors (Lipinski definition) is 0. The molecule has 1 aliphatic rings. The molecule has 0 aliphatic carbocycles. The lowest BCUT2D eigenvalue weighted by molar-refractivity contribution is -0.136. The molecule has 3 aromatic rings. The number of benzene rings is 3. The van der Waals surface area contributed by atoms with Crippen LogP contribution in [-0.4, -0.2) is 11.8 Å². The lowest BCUT2D eigenvalue weighted by atomic mass is 9.94. The highest BCUT2D eigenvalue weighted by molar-refractivity contribution is 6.30. The fourth-order valence-electron chi connectivity index (χ4n) is 3.17. The van der Waals surface area contributed by atoms with Gasteiger partial charge in [-0.3, -0.25) is 9.59 Å². The number of nitrogens with zero attached hydrogens (tertiary/aromatic N) is 1. The first-order valence-electron chi connectivity index (χ1n) is 8.89. The molecule has 1 aliphatic heterocycles. The third-order valence-electron chi connectivity index (χ3n) is 4.71. The van der Waals surface area contributed by atoms with Crippen molar-refractivity contribution in [1.29, 1.82) is 5.26 Å². The van der Waals surface area contributed by atoms with Gasteiger partial charge in [-0.15, -0.1) is 0 Å². The molecule has 0 aromatic heterocycles. The Morgan fingerprint density at radius 3 is 2.03 bits per heavy atom. The van der Waals surface area contributed by atoms with Gasteiger partial charge in [0.05, 0.1) is 11.6 Å². The standard InChI is InChI=1S/C24H14ClNO3/c25-20-11-9-18(10-12-20)17-5-1-15(2-6-17)13-21-23(27)22(24(28)29-21)19-7-3-16(14-26)4-8-19/h1-13,22H. The maximum absolute atomic E-state index is 12.7. The van der Waals surface area contributed by atoms with Crippen LogP contribution in [0.2, 0.25) is 5.02 Å². The molecule has 0 saturated carbocycles. The second kappa shape index (κ2) is 7.75. The van der Waals surface area contributed by atoms with E-state index in [-0.39, 0.29) is 11.5 Å². The van der Waals surface area contributed by atoms with Crippen LogP contribution in [0.3, 0.4) is 0 Å². The van der Waals surface area contributed by atoms with E-state index in [9.17, 15) is 9.59 Å². The molecule has 1 saturated heterocycles. The monoisotopic (exact) mass is 399 g/mol. The summed E-state index contributed by atoms with van der Waals surface area (Å²) < 4.78 is 5.22. The van der Waals surface area contributed by atoms with Gasteiger partial charge < -0.3 is 4.74 Å². The number of cyclic esters (lactones) is 1. The van der Waals surface area contributed by atoms with Gasteiger partial charge in [0.25, 0.3) is 0 Å². The molecule has 1 atom stereocenters. The smallest absolute Gasteiger partial charge is 0.327 e. The number of halogens is 1. The second-order valence-corrected chi connectivity index (χ2v) is 7.03. The zero-order valence-electron chi connectivity index (χ0n) is 15.1. The molecule has 4 rings (SSSR count). The van der Waals surface area contributed by atoms with E-state index < -0.39 is 11.9 Å². The van der Waals surface area contributed by atoms with Gasteiger partial charge in [0.2, 0.25) is 5.78 Å². The van der Waals surface area contributed by atoms with Crippen LogP contribution >= 0.6 is 11.6 Å². The minimum Gasteiger partial charge on any atom is -0.422 e. The topological polar surface area (TPSA) is 67.2 Å². The summed E-state index contributed by atoms with van der Waals surface area (Å²) in [6.07, 6.45) is 1.57. The van der Waals surface area contributed by atoms with Crippen LogP contribution in [0.1, 0.15) is 22.6 Å². The van der Waals surface area contributed by atoms with Gasteiger partial charge in [-0.05, 0) is 52.6 Å². The Balaban J connectivity index is 1.56. The van der Waals surface area contributed by atoms with Crippen LogP contribution in [0, 0.1) is 11.3 Å². The molecule has 0 bridgehead atoms. The maximum atomic E-state index is 12.7. The number of ketones is 1. The fourth-order valence-corrected chi connectivity index (χ4v) is 3.30. The van der Waals surface area contributed by atoms with E-state index >= 15 is 0 Å². The van der Waals surface area contributed by atoms with E-state index in [1.54, 1.807) is 30.3 Å². The zero-order chi connectivity index (χ0) is 20.4. The molecule has 1 unspecified atom stereocenters. The largest absolute Gasteiger partial charge is 0.422 e. The maximum Gasteiger partial charge on any atom is 0.327 e. The van der Waals surface area contributed by atoms with Crippen molar-refractivity contribution in [3.05, 3.63) is 100 Å². The summed E-state index contributed by atoms with van der Waals surface area (Å²) in [4.78, 5) is 25.0. The Labute approximate surface area is 172 Å². The number of allylic oxidation sites excluding steroid dienone is 1. The third-order valence-corrected chi connectivity index (χ3v) is 4.96. The lowest BCUT2D eigenvalue weighted by Crippen LogP contribution is -2.12. The Bertz CT molecular complexity index is 1150. The predicted molar refractivity (Wildman–Crippen MR) is 110 cm³/mol. The second-order valence-electron chi connectivity index (χ2n) is 6.59. The first-order valence-corrected chi connectivity index (χ1v) is 9.26. The fraction of sp³-hybridized carbons (Fsp3) is 0.0417. The summed E-state index contributed by atoms with van der Waals surface area (Å²) >= 11 is 5.92. The first kappa shape index (κ1) is 18.7. The summed E-state index contributed by atoms with van der Waals surface area (Å²) in [5, 5.41) is 9.56. The number of esters is 1. The van der Waals surface area contributed by atoms with E-state index in [1.165, 1.54) is 0 Å². The molecule has 0 radical (unpaired) electrons. The average Bonchev–Trinajstić information content (AvgIpc) is 3.02. The Kier molecular flexibility index (Phi) is 4.99. The first-order chi connectivity index (χ1) is 14.0. The number of ether oxygens (including phenoxy) is 1. The summed E-state index contributed by atoms with van der Waals surface area (Å²) in [6, 6.07) is 23.4. The molecule has 140 valence electrons. The summed E-state index contributed by atoms with van der Waals surface area (Å²) in [7, 11) is 0. The Morgan fingerprint density at radius 2 is 1.45 bits per heavy atom. The molecule has 0 N–H and O–H groups in total. The summed E-state index contributed by atoms with van der Waals surface area (Å²) in [5.74, 6) is -1.98. The van der Waals surface area contributed by atoms with Crippen molar-refractivity contribution in [2.45, 2.75) is 5.92 Å². The quantitative estimate of drug-likeness (QED) is 0.348. The van der Waals surface area contributed by atoms with Crippen LogP contribution in [0.15, 0.2) is 78.6 Å². The summed E-state index contributed by atoms with van der Waals surface area (Å²) in [6.45, 7) is 0. The minimum atomic E-state index is -0.998. The van der Waals surface area contributed by atoms with Gasteiger partial charge >= 0.3 is 5.97 Å². The highest BCUT2D eigenvalue weighted by atomic mass is 35.5. The number of rotatable bonds is 3. The third kappa shape index (κ3) is 3.82. The Morgan fingerprint density at radius 1 is 0.862 bits per heavy atom. The van der Waals surface area contributed by atoms with Gasteiger partial charge in [0.1, 0.15) is 5.92 Å². The number of carbonyl (C=O) groups is 2. The minimum absolute atomic E-state index is 0.0172. The van der Waals surface area contributed by atoms with Gasteiger partial charge in [-0.25, -0.2) is 0 Å². The predicted octanol–water partition coefficient (Wildman–Crippen LogP) is 5.13. The van der Waals surface area contributed by atoms with Gasteiger partial charge in [-0.2, -0.15) is 5.26 Å². The van der Waals surface area contributed by atoms with Crippen molar-refractivity contribution in [2.75, 3.05) is 0 Å². The van der Waals surface area contributed by atoms with E-state index in [0.29, 0.717) is 16.1 Å². The van der Waals surface area contributed by atoms with E-state index in [4.69, 9.17) is 21.6 Å². The van der Waals surface area contributed by atoms with Crippen molar-refractivity contribution in [1.82, 2.24) is 0 Å². The van der Waals surface area contributed by atoms with Crippen molar-refractivity contribution in [2.24, 2.45) is 0 Å². The highest BCUT2D eigenvalue weighted by Gasteiger charge is 2.41. The number of carbonyl (C=O) groups excluding carboxylic acids is 2. The normalized spacial score (nSPS) is 17.2. The van der Waals surface area contributed by atoms with Crippen molar-refractivity contribution >= 4 is 29.4 Å². The zero-order valence-corrected chi connectivity index (χ0v) is 15.9. The van der Waals surface area contributed by atoms with Crippen LogP contribution in [0.5, 0.6) is 0 Å². The van der Waals surface area contributed by atoms with Crippen LogP contribution < -0.4 is 0 Å². The number of hydrogen-bond acceptors (Lipinski definition) is 4. The van der Waals surface area contributed by atoms with Crippen molar-refractivity contribution < 1.29 is 14.3 Å². The van der Waals surface area contributed by atoms with Crippen LogP contribution in [0.25, 0.3) is 17.2 Å². The van der Waals surface area contributed by atoms with E-state index in [1.807, 2.05) is 54.6 Å². The van der Waals surface area contributed by atoms with Crippen molar-refractivity contribution in [3.63, 3.8) is 0 Å². The van der Waals surface area contributed by atoms with Crippen LogP contribution in [0.4, 0.5) is 0 Å². The van der Waals surface area contributed by atoms with Gasteiger partial charge in [-0.1, -0.05) is 60.1 Å². The summed E-state index contributed by atoms with van der Waals surface area (Å²) in [5.41, 5.74) is 3.76. The molecular weight excluding hydrogens is 386 g/mol. The average molecular weight is 400 g/mol. The molecule has 1 fully saturated rings. The number of Topliss-reactive ketones (excluding diaryl/α,β-unsaturated/α-hetero) is 1. The van der Waals surface area contributed by atoms with E-state index in [0.717, 1.165) is 16.7 Å². The van der Waals surface area contributed by atoms with Crippen LogP contribution in [-0.2, 0) is 14.3 Å². The molecule has 1 heterocycles. The highest BCUT2D eigenvalue weighted by Crippen LogP contribution is 2.31. The number of nitriles is 1. The van der Waals surface area contributed by atoms with Gasteiger partial charge in [0.15, 0.2) is 5.76 Å². The van der Waals surface area contributed by atoms with Gasteiger partial charge in [0, 0.05) is 5.02 Å².